The minimum atomic E-state index is 0.746. The number of hydrogen-bond acceptors (Lipinski definition) is 1. The van der Waals surface area contributed by atoms with Crippen molar-refractivity contribution < 1.29 is 4.48 Å². The molecule has 0 heterocycles. The van der Waals surface area contributed by atoms with Crippen molar-refractivity contribution in [2.45, 2.75) is 116 Å². The summed E-state index contributed by atoms with van der Waals surface area (Å²) in [6.45, 7) is 7.29. The van der Waals surface area contributed by atoms with Crippen LogP contribution in [-0.4, -0.2) is 56.7 Å². The molecule has 2 nitrogen and oxygen atoms in total. The topological polar surface area (TPSA) is 3.24 Å². The Kier molecular flexibility index (Phi) is 17.0. The van der Waals surface area contributed by atoms with E-state index < -0.39 is 0 Å². The molecule has 1 atom stereocenters. The van der Waals surface area contributed by atoms with Gasteiger partial charge >= 0.3 is 0 Å². The van der Waals surface area contributed by atoms with E-state index in [2.05, 4.69) is 46.9 Å². The Morgan fingerprint density at radius 3 is 1.58 bits per heavy atom. The van der Waals surface area contributed by atoms with Gasteiger partial charge in [-0.05, 0) is 46.2 Å². The molecule has 0 aliphatic rings. The lowest BCUT2D eigenvalue weighted by Gasteiger charge is -2.26. The first-order valence-electron chi connectivity index (χ1n) is 11.9. The Hall–Kier alpha value is -0.0800. The lowest BCUT2D eigenvalue weighted by atomic mass is 10.0. The molecule has 0 radical (unpaired) electrons. The summed E-state index contributed by atoms with van der Waals surface area (Å²) in [6.07, 6.45) is 21.4. The molecule has 0 aromatic heterocycles. The highest BCUT2D eigenvalue weighted by molar-refractivity contribution is 4.63. The van der Waals surface area contributed by atoms with Crippen LogP contribution >= 0.6 is 0 Å². The summed E-state index contributed by atoms with van der Waals surface area (Å²) in [5, 5.41) is 0. The molecule has 2 heteroatoms. The van der Waals surface area contributed by atoms with E-state index in [-0.39, 0.29) is 0 Å². The summed E-state index contributed by atoms with van der Waals surface area (Å²) in [5.41, 5.74) is 0. The van der Waals surface area contributed by atoms with Crippen LogP contribution in [0.15, 0.2) is 0 Å². The second kappa shape index (κ2) is 17.0. The fourth-order valence-electron chi connectivity index (χ4n) is 3.67. The van der Waals surface area contributed by atoms with Gasteiger partial charge in [0.1, 0.15) is 0 Å². The van der Waals surface area contributed by atoms with Crippen LogP contribution < -0.4 is 0 Å². The van der Waals surface area contributed by atoms with Crippen LogP contribution in [0.5, 0.6) is 0 Å². The van der Waals surface area contributed by atoms with Crippen molar-refractivity contribution in [3.8, 4) is 0 Å². The molecule has 0 N–H and O–H groups in total. The third-order valence-electron chi connectivity index (χ3n) is 5.82. The quantitative estimate of drug-likeness (QED) is 0.177. The van der Waals surface area contributed by atoms with Gasteiger partial charge in [-0.25, -0.2) is 0 Å². The first-order chi connectivity index (χ1) is 12.4. The van der Waals surface area contributed by atoms with Gasteiger partial charge in [0.15, 0.2) is 0 Å². The molecule has 0 aromatic carbocycles. The van der Waals surface area contributed by atoms with Crippen LogP contribution in [-0.2, 0) is 0 Å². The number of unbranched alkanes of at least 4 members (excludes halogenated alkanes) is 12. The Morgan fingerprint density at radius 1 is 0.654 bits per heavy atom. The van der Waals surface area contributed by atoms with E-state index in [1.54, 1.807) is 0 Å². The van der Waals surface area contributed by atoms with E-state index in [0.717, 1.165) is 10.5 Å². The smallest absolute Gasteiger partial charge is 0.0780 e. The van der Waals surface area contributed by atoms with Crippen LogP contribution in [0.1, 0.15) is 110 Å². The predicted octanol–water partition coefficient (Wildman–Crippen LogP) is 6.88. The molecule has 0 aliphatic carbocycles. The van der Waals surface area contributed by atoms with Crippen molar-refractivity contribution in [3.63, 3.8) is 0 Å². The third-order valence-corrected chi connectivity index (χ3v) is 5.82. The molecular formula is C24H53N2+. The highest BCUT2D eigenvalue weighted by Crippen LogP contribution is 2.13. The van der Waals surface area contributed by atoms with Crippen molar-refractivity contribution in [3.05, 3.63) is 0 Å². The van der Waals surface area contributed by atoms with E-state index in [4.69, 9.17) is 0 Å². The minimum absolute atomic E-state index is 0.746. The van der Waals surface area contributed by atoms with Crippen LogP contribution in [0.4, 0.5) is 0 Å². The SMILES string of the molecule is CCCCCCCCCCCCCCN(C)C(C)CCCC[N+](C)(C)C. The molecule has 158 valence electrons. The zero-order chi connectivity index (χ0) is 19.7. The fraction of sp³-hybridized carbons (Fsp3) is 1.00. The lowest BCUT2D eigenvalue weighted by Crippen LogP contribution is -2.35. The van der Waals surface area contributed by atoms with Crippen molar-refractivity contribution in [2.75, 3.05) is 41.3 Å². The van der Waals surface area contributed by atoms with E-state index in [0.29, 0.717) is 0 Å². The second-order valence-corrected chi connectivity index (χ2v) is 9.73. The van der Waals surface area contributed by atoms with Gasteiger partial charge in [-0.2, -0.15) is 0 Å². The molecule has 0 rings (SSSR count). The van der Waals surface area contributed by atoms with Crippen LogP contribution in [0.25, 0.3) is 0 Å². The highest BCUT2D eigenvalue weighted by Gasteiger charge is 2.10. The van der Waals surface area contributed by atoms with Gasteiger partial charge in [-0.1, -0.05) is 77.6 Å². The Morgan fingerprint density at radius 2 is 1.12 bits per heavy atom. The first kappa shape index (κ1) is 25.9. The van der Waals surface area contributed by atoms with E-state index >= 15 is 0 Å². The van der Waals surface area contributed by atoms with Crippen molar-refractivity contribution in [1.82, 2.24) is 4.90 Å². The van der Waals surface area contributed by atoms with Crippen molar-refractivity contribution >= 4 is 0 Å². The second-order valence-electron chi connectivity index (χ2n) is 9.73. The van der Waals surface area contributed by atoms with Gasteiger partial charge in [-0.15, -0.1) is 0 Å². The molecule has 0 aliphatic heterocycles. The maximum absolute atomic E-state index is 2.59. The average Bonchev–Trinajstić information content (AvgIpc) is 2.58. The largest absolute Gasteiger partial charge is 0.331 e. The molecule has 0 amide bonds. The summed E-state index contributed by atoms with van der Waals surface area (Å²) in [4.78, 5) is 2.59. The standard InChI is InChI=1S/C24H53N2/c1-7-8-9-10-11-12-13-14-15-16-17-19-22-25(3)24(2)21-18-20-23-26(4,5)6/h24H,7-23H2,1-6H3/q+1. The van der Waals surface area contributed by atoms with E-state index in [9.17, 15) is 0 Å². The minimum Gasteiger partial charge on any atom is -0.331 e. The highest BCUT2D eigenvalue weighted by atomic mass is 15.3. The van der Waals surface area contributed by atoms with E-state index in [1.807, 2.05) is 0 Å². The van der Waals surface area contributed by atoms with Crippen molar-refractivity contribution in [1.29, 1.82) is 0 Å². The lowest BCUT2D eigenvalue weighted by molar-refractivity contribution is -0.870. The number of quaternary nitrogens is 1. The molecule has 0 saturated heterocycles. The molecule has 0 aromatic rings. The number of rotatable bonds is 19. The Labute approximate surface area is 167 Å². The number of nitrogens with zero attached hydrogens (tertiary/aromatic N) is 2. The first-order valence-corrected chi connectivity index (χ1v) is 11.9. The summed E-state index contributed by atoms with van der Waals surface area (Å²) >= 11 is 0. The maximum atomic E-state index is 2.59. The monoisotopic (exact) mass is 369 g/mol. The Bertz CT molecular complexity index is 282. The summed E-state index contributed by atoms with van der Waals surface area (Å²) in [5.74, 6) is 0. The average molecular weight is 370 g/mol. The molecule has 1 unspecified atom stereocenters. The fourth-order valence-corrected chi connectivity index (χ4v) is 3.67. The summed E-state index contributed by atoms with van der Waals surface area (Å²) in [6, 6.07) is 0.746. The molecule has 0 fully saturated rings. The van der Waals surface area contributed by atoms with Crippen LogP contribution in [0, 0.1) is 0 Å². The Balaban J connectivity index is 3.35. The molecule has 26 heavy (non-hydrogen) atoms. The zero-order valence-corrected chi connectivity index (χ0v) is 19.5. The van der Waals surface area contributed by atoms with Crippen LogP contribution in [0.3, 0.4) is 0 Å². The zero-order valence-electron chi connectivity index (χ0n) is 19.5. The summed E-state index contributed by atoms with van der Waals surface area (Å²) in [7, 11) is 9.21. The van der Waals surface area contributed by atoms with Gasteiger partial charge < -0.3 is 9.38 Å². The predicted molar refractivity (Wildman–Crippen MR) is 120 cm³/mol. The van der Waals surface area contributed by atoms with Gasteiger partial charge in [0.2, 0.25) is 0 Å². The van der Waals surface area contributed by atoms with Gasteiger partial charge in [0.05, 0.1) is 27.7 Å². The normalized spacial score (nSPS) is 13.5. The molecule has 0 bridgehead atoms. The van der Waals surface area contributed by atoms with Crippen LogP contribution in [0.2, 0.25) is 0 Å². The van der Waals surface area contributed by atoms with Gasteiger partial charge in [-0.3, -0.25) is 0 Å². The maximum Gasteiger partial charge on any atom is 0.0780 e. The molecular weight excluding hydrogens is 316 g/mol. The van der Waals surface area contributed by atoms with Gasteiger partial charge in [0, 0.05) is 6.04 Å². The number of hydrogen-bond donors (Lipinski definition) is 0. The summed E-state index contributed by atoms with van der Waals surface area (Å²) < 4.78 is 1.10. The third kappa shape index (κ3) is 18.7. The molecule has 0 spiro atoms. The van der Waals surface area contributed by atoms with E-state index in [1.165, 1.54) is 109 Å². The van der Waals surface area contributed by atoms with Crippen molar-refractivity contribution in [2.24, 2.45) is 0 Å². The molecule has 0 saturated carbocycles. The van der Waals surface area contributed by atoms with Gasteiger partial charge in [0.25, 0.3) is 0 Å².